The van der Waals surface area contributed by atoms with Crippen LogP contribution in [0.3, 0.4) is 0 Å². The summed E-state index contributed by atoms with van der Waals surface area (Å²) in [5, 5.41) is 3.46. The van der Waals surface area contributed by atoms with Crippen LogP contribution in [0.25, 0.3) is 0 Å². The van der Waals surface area contributed by atoms with Gasteiger partial charge < -0.3 is 10.2 Å². The number of nitrogens with zero attached hydrogens (tertiary/aromatic N) is 3. The molecule has 0 amide bonds. The van der Waals surface area contributed by atoms with Gasteiger partial charge in [0, 0.05) is 42.6 Å². The SMILES string of the molecule is CCC1CCCCN1c1ncc(CNC(C)(C)C)cn1. The predicted molar refractivity (Wildman–Crippen MR) is 83.9 cm³/mol. The molecule has 20 heavy (non-hydrogen) atoms. The van der Waals surface area contributed by atoms with Gasteiger partial charge in [-0.1, -0.05) is 6.92 Å². The molecule has 1 atom stereocenters. The van der Waals surface area contributed by atoms with Crippen LogP contribution in [0.5, 0.6) is 0 Å². The third kappa shape index (κ3) is 4.17. The van der Waals surface area contributed by atoms with Gasteiger partial charge in [-0.15, -0.1) is 0 Å². The van der Waals surface area contributed by atoms with E-state index in [1.54, 1.807) is 0 Å². The zero-order valence-corrected chi connectivity index (χ0v) is 13.3. The van der Waals surface area contributed by atoms with Crippen molar-refractivity contribution in [2.45, 2.75) is 71.5 Å². The molecule has 0 saturated carbocycles. The van der Waals surface area contributed by atoms with Crippen LogP contribution >= 0.6 is 0 Å². The van der Waals surface area contributed by atoms with Crippen molar-refractivity contribution < 1.29 is 0 Å². The van der Waals surface area contributed by atoms with Crippen molar-refractivity contribution in [1.29, 1.82) is 0 Å². The summed E-state index contributed by atoms with van der Waals surface area (Å²) in [4.78, 5) is 11.5. The Labute approximate surface area is 123 Å². The number of rotatable bonds is 4. The molecule has 112 valence electrons. The monoisotopic (exact) mass is 276 g/mol. The average Bonchev–Trinajstić information content (AvgIpc) is 2.45. The van der Waals surface area contributed by atoms with E-state index in [-0.39, 0.29) is 5.54 Å². The molecule has 1 N–H and O–H groups in total. The summed E-state index contributed by atoms with van der Waals surface area (Å²) in [5.74, 6) is 0.899. The fourth-order valence-corrected chi connectivity index (χ4v) is 2.64. The summed E-state index contributed by atoms with van der Waals surface area (Å²) in [6, 6.07) is 0.613. The molecule has 4 heteroatoms. The Bertz CT molecular complexity index is 407. The highest BCUT2D eigenvalue weighted by Gasteiger charge is 2.22. The van der Waals surface area contributed by atoms with E-state index in [1.807, 2.05) is 12.4 Å². The minimum absolute atomic E-state index is 0.124. The smallest absolute Gasteiger partial charge is 0.225 e. The second-order valence-electron chi connectivity index (χ2n) is 6.75. The second-order valence-corrected chi connectivity index (χ2v) is 6.75. The van der Waals surface area contributed by atoms with E-state index in [2.05, 4.69) is 47.9 Å². The maximum Gasteiger partial charge on any atom is 0.225 e. The Morgan fingerprint density at radius 1 is 1.25 bits per heavy atom. The molecule has 0 bridgehead atoms. The van der Waals surface area contributed by atoms with Crippen LogP contribution in [0.2, 0.25) is 0 Å². The summed E-state index contributed by atoms with van der Waals surface area (Å²) in [6.45, 7) is 10.7. The molecular formula is C16H28N4. The normalized spacial score (nSPS) is 20.2. The summed E-state index contributed by atoms with van der Waals surface area (Å²) < 4.78 is 0. The lowest BCUT2D eigenvalue weighted by Crippen LogP contribution is -2.40. The van der Waals surface area contributed by atoms with Gasteiger partial charge in [-0.05, 0) is 46.5 Å². The van der Waals surface area contributed by atoms with Crippen LogP contribution in [0.15, 0.2) is 12.4 Å². The Balaban J connectivity index is 2.00. The molecular weight excluding hydrogens is 248 g/mol. The Morgan fingerprint density at radius 2 is 1.95 bits per heavy atom. The zero-order valence-electron chi connectivity index (χ0n) is 13.3. The quantitative estimate of drug-likeness (QED) is 0.917. The molecule has 1 aliphatic heterocycles. The number of hydrogen-bond donors (Lipinski definition) is 1. The Hall–Kier alpha value is -1.16. The van der Waals surface area contributed by atoms with E-state index in [0.717, 1.165) is 24.6 Å². The van der Waals surface area contributed by atoms with Gasteiger partial charge in [0.25, 0.3) is 0 Å². The van der Waals surface area contributed by atoms with E-state index < -0.39 is 0 Å². The molecule has 0 spiro atoms. The molecule has 1 aromatic heterocycles. The van der Waals surface area contributed by atoms with E-state index in [9.17, 15) is 0 Å². The minimum Gasteiger partial charge on any atom is -0.338 e. The van der Waals surface area contributed by atoms with Crippen molar-refractivity contribution >= 4 is 5.95 Å². The Kier molecular flexibility index (Phi) is 4.97. The first-order chi connectivity index (χ1) is 9.49. The van der Waals surface area contributed by atoms with Crippen LogP contribution < -0.4 is 10.2 Å². The predicted octanol–water partition coefficient (Wildman–Crippen LogP) is 3.13. The molecule has 1 aromatic rings. The van der Waals surface area contributed by atoms with Gasteiger partial charge in [0.15, 0.2) is 0 Å². The molecule has 0 aromatic carbocycles. The highest BCUT2D eigenvalue weighted by Crippen LogP contribution is 2.23. The number of aromatic nitrogens is 2. The van der Waals surface area contributed by atoms with Gasteiger partial charge in [0.1, 0.15) is 0 Å². The third-order valence-electron chi connectivity index (χ3n) is 3.87. The fourth-order valence-electron chi connectivity index (χ4n) is 2.64. The van der Waals surface area contributed by atoms with Crippen molar-refractivity contribution in [2.75, 3.05) is 11.4 Å². The number of nitrogens with one attached hydrogen (secondary N) is 1. The Morgan fingerprint density at radius 3 is 2.55 bits per heavy atom. The topological polar surface area (TPSA) is 41.1 Å². The second kappa shape index (κ2) is 6.53. The fraction of sp³-hybridized carbons (Fsp3) is 0.750. The molecule has 2 heterocycles. The number of hydrogen-bond acceptors (Lipinski definition) is 4. The van der Waals surface area contributed by atoms with Gasteiger partial charge >= 0.3 is 0 Å². The van der Waals surface area contributed by atoms with Crippen molar-refractivity contribution in [1.82, 2.24) is 15.3 Å². The zero-order chi connectivity index (χ0) is 14.6. The molecule has 4 nitrogen and oxygen atoms in total. The summed E-state index contributed by atoms with van der Waals surface area (Å²) in [5.41, 5.74) is 1.27. The van der Waals surface area contributed by atoms with E-state index in [0.29, 0.717) is 6.04 Å². The maximum absolute atomic E-state index is 4.58. The first-order valence-corrected chi connectivity index (χ1v) is 7.82. The van der Waals surface area contributed by atoms with E-state index >= 15 is 0 Å². The summed E-state index contributed by atoms with van der Waals surface area (Å²) in [6.07, 6.45) is 8.96. The highest BCUT2D eigenvalue weighted by atomic mass is 15.3. The molecule has 1 saturated heterocycles. The highest BCUT2D eigenvalue weighted by molar-refractivity contribution is 5.32. The van der Waals surface area contributed by atoms with Crippen molar-refractivity contribution in [3.05, 3.63) is 18.0 Å². The molecule has 1 aliphatic rings. The van der Waals surface area contributed by atoms with E-state index in [4.69, 9.17) is 0 Å². The maximum atomic E-state index is 4.58. The van der Waals surface area contributed by atoms with Crippen molar-refractivity contribution in [3.8, 4) is 0 Å². The van der Waals surface area contributed by atoms with Gasteiger partial charge in [0.05, 0.1) is 0 Å². The third-order valence-corrected chi connectivity index (χ3v) is 3.87. The van der Waals surface area contributed by atoms with Crippen LogP contribution in [0.1, 0.15) is 58.9 Å². The van der Waals surface area contributed by atoms with Gasteiger partial charge in [-0.3, -0.25) is 0 Å². The first kappa shape index (κ1) is 15.2. The van der Waals surface area contributed by atoms with Crippen LogP contribution in [0, 0.1) is 0 Å². The molecule has 0 radical (unpaired) electrons. The van der Waals surface area contributed by atoms with Gasteiger partial charge in [-0.25, -0.2) is 9.97 Å². The molecule has 1 unspecified atom stereocenters. The van der Waals surface area contributed by atoms with Crippen LogP contribution in [-0.4, -0.2) is 28.1 Å². The van der Waals surface area contributed by atoms with Crippen molar-refractivity contribution in [3.63, 3.8) is 0 Å². The molecule has 0 aliphatic carbocycles. The standard InChI is InChI=1S/C16H28N4/c1-5-14-8-6-7-9-20(14)15-17-10-13(11-18-15)12-19-16(2,3)4/h10-11,14,19H,5-9,12H2,1-4H3. The van der Waals surface area contributed by atoms with Gasteiger partial charge in [-0.2, -0.15) is 0 Å². The minimum atomic E-state index is 0.124. The van der Waals surface area contributed by atoms with Crippen molar-refractivity contribution in [2.24, 2.45) is 0 Å². The molecule has 2 rings (SSSR count). The van der Waals surface area contributed by atoms with Gasteiger partial charge in [0.2, 0.25) is 5.95 Å². The first-order valence-electron chi connectivity index (χ1n) is 7.82. The largest absolute Gasteiger partial charge is 0.338 e. The number of anilines is 1. The van der Waals surface area contributed by atoms with Crippen LogP contribution in [-0.2, 0) is 6.54 Å². The summed E-state index contributed by atoms with van der Waals surface area (Å²) >= 11 is 0. The molecule has 1 fully saturated rings. The lowest BCUT2D eigenvalue weighted by atomic mass is 10.0. The summed E-state index contributed by atoms with van der Waals surface area (Å²) in [7, 11) is 0. The lowest BCUT2D eigenvalue weighted by Gasteiger charge is -2.35. The lowest BCUT2D eigenvalue weighted by molar-refractivity contribution is 0.423. The van der Waals surface area contributed by atoms with E-state index in [1.165, 1.54) is 25.7 Å². The van der Waals surface area contributed by atoms with Crippen LogP contribution in [0.4, 0.5) is 5.95 Å². The number of piperidine rings is 1. The average molecular weight is 276 g/mol.